The average Bonchev–Trinajstić information content (AvgIpc) is 3.52. The van der Waals surface area contributed by atoms with Crippen molar-refractivity contribution < 1.29 is 8.81 Å². The molecule has 1 aromatic carbocycles. The van der Waals surface area contributed by atoms with Crippen LogP contribution in [0.4, 0.5) is 4.39 Å². The Kier molecular flexibility index (Phi) is 8.50. The van der Waals surface area contributed by atoms with E-state index in [-0.39, 0.29) is 30.6 Å². The van der Waals surface area contributed by atoms with Crippen molar-refractivity contribution in [3.63, 3.8) is 0 Å². The molecule has 3 atom stereocenters. The number of halogens is 3. The number of rotatable bonds is 7. The summed E-state index contributed by atoms with van der Waals surface area (Å²) < 4.78 is 20.9. The first-order valence-corrected chi connectivity index (χ1v) is 11.1. The number of unbranched alkanes of at least 4 members (excludes halogenated alkanes) is 1. The van der Waals surface area contributed by atoms with E-state index in [1.165, 1.54) is 18.4 Å². The van der Waals surface area contributed by atoms with Crippen LogP contribution in [0.3, 0.4) is 0 Å². The average molecular weight is 497 g/mol. The maximum atomic E-state index is 13.4. The second-order valence-corrected chi connectivity index (χ2v) is 8.74. The van der Waals surface area contributed by atoms with Gasteiger partial charge in [-0.05, 0) is 62.9 Å². The van der Waals surface area contributed by atoms with Gasteiger partial charge in [-0.3, -0.25) is 4.90 Å². The minimum Gasteiger partial charge on any atom is -0.440 e. The fourth-order valence-electron chi connectivity index (χ4n) is 5.20. The van der Waals surface area contributed by atoms with Crippen LogP contribution in [0.15, 0.2) is 35.1 Å². The maximum absolute atomic E-state index is 13.4. The molecule has 0 saturated carbocycles. The van der Waals surface area contributed by atoms with E-state index in [0.29, 0.717) is 23.8 Å². The molecule has 3 aromatic rings. The van der Waals surface area contributed by atoms with Crippen LogP contribution in [0.1, 0.15) is 42.4 Å². The van der Waals surface area contributed by atoms with E-state index in [1.807, 2.05) is 30.7 Å². The number of aryl methyl sites for hydroxylation is 2. The lowest BCUT2D eigenvalue weighted by molar-refractivity contribution is 0.230. The Morgan fingerprint density at radius 2 is 1.94 bits per heavy atom. The molecule has 7 nitrogen and oxygen atoms in total. The minimum atomic E-state index is -0.173. The molecule has 2 aliphatic rings. The van der Waals surface area contributed by atoms with Crippen LogP contribution in [0, 0.1) is 18.7 Å². The van der Waals surface area contributed by atoms with Crippen molar-refractivity contribution in [3.8, 4) is 11.6 Å². The predicted molar refractivity (Wildman–Crippen MR) is 129 cm³/mol. The first kappa shape index (κ1) is 25.6. The monoisotopic (exact) mass is 496 g/mol. The number of aromatic nitrogens is 4. The van der Waals surface area contributed by atoms with E-state index in [2.05, 4.69) is 25.4 Å². The van der Waals surface area contributed by atoms with Gasteiger partial charge in [0.15, 0.2) is 12.2 Å². The second-order valence-electron chi connectivity index (χ2n) is 8.74. The van der Waals surface area contributed by atoms with Crippen molar-refractivity contribution >= 4 is 24.8 Å². The third-order valence-corrected chi connectivity index (χ3v) is 6.83. The maximum Gasteiger partial charge on any atom is 0.201 e. The van der Waals surface area contributed by atoms with Crippen LogP contribution in [0.25, 0.3) is 11.6 Å². The van der Waals surface area contributed by atoms with Crippen LogP contribution in [-0.2, 0) is 13.5 Å². The van der Waals surface area contributed by atoms with Gasteiger partial charge in [0.05, 0.1) is 11.7 Å². The van der Waals surface area contributed by atoms with E-state index in [0.717, 1.165) is 56.2 Å². The molecule has 2 fully saturated rings. The number of oxazole rings is 1. The van der Waals surface area contributed by atoms with Crippen molar-refractivity contribution in [1.29, 1.82) is 0 Å². The van der Waals surface area contributed by atoms with Gasteiger partial charge in [-0.25, -0.2) is 9.37 Å². The molecule has 0 radical (unpaired) electrons. The van der Waals surface area contributed by atoms with Crippen LogP contribution in [0.2, 0.25) is 0 Å². The molecule has 2 saturated heterocycles. The van der Waals surface area contributed by atoms with E-state index in [9.17, 15) is 4.39 Å². The summed E-state index contributed by atoms with van der Waals surface area (Å²) in [5.41, 5.74) is 2.03. The molecule has 4 heterocycles. The number of hydrogen-bond acceptors (Lipinski definition) is 6. The van der Waals surface area contributed by atoms with E-state index in [1.54, 1.807) is 12.1 Å². The highest BCUT2D eigenvalue weighted by Crippen LogP contribution is 2.39. The Labute approximate surface area is 206 Å². The Bertz CT molecular complexity index is 1040. The molecule has 2 aromatic heterocycles. The molecule has 0 amide bonds. The highest BCUT2D eigenvalue weighted by molar-refractivity contribution is 5.85. The standard InChI is InChI=1S/C23H29FN6O.2ClH/c1-15-22(31-14-26-15)23-28-27-19(29(23)2)5-3-4-12-30-13-17-10-11-25-20(17)21(30)16-6-8-18(24)9-7-16;;/h6-9,14,17,20-21,25H,3-5,10-13H2,1-2H3;2*1H. The number of likely N-dealkylation sites (tertiary alicyclic amines) is 1. The summed E-state index contributed by atoms with van der Waals surface area (Å²) in [5.74, 6) is 2.87. The summed E-state index contributed by atoms with van der Waals surface area (Å²) in [6.07, 6.45) is 5.66. The Hall–Kier alpha value is -2.00. The van der Waals surface area contributed by atoms with Gasteiger partial charge in [-0.1, -0.05) is 12.1 Å². The highest BCUT2D eigenvalue weighted by atomic mass is 35.5. The lowest BCUT2D eigenvalue weighted by atomic mass is 9.95. The van der Waals surface area contributed by atoms with Gasteiger partial charge >= 0.3 is 0 Å². The fraction of sp³-hybridized carbons (Fsp3) is 0.522. The van der Waals surface area contributed by atoms with Crippen LogP contribution in [0.5, 0.6) is 0 Å². The van der Waals surface area contributed by atoms with Gasteiger partial charge in [0.1, 0.15) is 11.6 Å². The molecule has 0 aliphatic carbocycles. The van der Waals surface area contributed by atoms with Crippen molar-refractivity contribution in [3.05, 3.63) is 53.6 Å². The summed E-state index contributed by atoms with van der Waals surface area (Å²) in [6.45, 7) is 5.13. The summed E-state index contributed by atoms with van der Waals surface area (Å²) in [7, 11) is 1.98. The molecule has 1 N–H and O–H groups in total. The zero-order chi connectivity index (χ0) is 21.4. The van der Waals surface area contributed by atoms with Crippen LogP contribution < -0.4 is 5.32 Å². The molecule has 10 heteroatoms. The van der Waals surface area contributed by atoms with Crippen molar-refractivity contribution in [2.45, 2.75) is 44.7 Å². The SMILES string of the molecule is Cc1ncoc1-c1nnc(CCCCN2CC3CCNC3C2c2ccc(F)cc2)n1C.Cl.Cl. The van der Waals surface area contributed by atoms with Gasteiger partial charge in [0.2, 0.25) is 5.82 Å². The lowest BCUT2D eigenvalue weighted by Crippen LogP contribution is -2.35. The largest absolute Gasteiger partial charge is 0.440 e. The van der Waals surface area contributed by atoms with Gasteiger partial charge in [-0.2, -0.15) is 0 Å². The van der Waals surface area contributed by atoms with Gasteiger partial charge in [0, 0.05) is 26.1 Å². The first-order valence-electron chi connectivity index (χ1n) is 11.1. The Balaban J connectivity index is 0.00000153. The number of nitrogens with zero attached hydrogens (tertiary/aromatic N) is 5. The van der Waals surface area contributed by atoms with Crippen molar-refractivity contribution in [1.82, 2.24) is 30.0 Å². The van der Waals surface area contributed by atoms with E-state index in [4.69, 9.17) is 4.42 Å². The zero-order valence-electron chi connectivity index (χ0n) is 18.9. The quantitative estimate of drug-likeness (QED) is 0.496. The molecular formula is C23H31Cl2FN6O. The Morgan fingerprint density at radius 1 is 1.15 bits per heavy atom. The highest BCUT2D eigenvalue weighted by Gasteiger charge is 2.44. The predicted octanol–water partition coefficient (Wildman–Crippen LogP) is 4.12. The Morgan fingerprint density at radius 3 is 2.67 bits per heavy atom. The number of benzene rings is 1. The third kappa shape index (κ3) is 5.09. The van der Waals surface area contributed by atoms with Gasteiger partial charge in [0.25, 0.3) is 0 Å². The molecule has 0 spiro atoms. The molecule has 33 heavy (non-hydrogen) atoms. The molecule has 5 rings (SSSR count). The second kappa shape index (κ2) is 11.0. The number of hydrogen-bond donors (Lipinski definition) is 1. The molecule has 0 bridgehead atoms. The zero-order valence-corrected chi connectivity index (χ0v) is 20.5. The van der Waals surface area contributed by atoms with Gasteiger partial charge < -0.3 is 14.3 Å². The van der Waals surface area contributed by atoms with Crippen molar-refractivity contribution in [2.75, 3.05) is 19.6 Å². The summed E-state index contributed by atoms with van der Waals surface area (Å²) >= 11 is 0. The van der Waals surface area contributed by atoms with Crippen LogP contribution in [-0.4, -0.2) is 50.3 Å². The smallest absolute Gasteiger partial charge is 0.201 e. The summed E-state index contributed by atoms with van der Waals surface area (Å²) in [4.78, 5) is 6.72. The number of nitrogens with one attached hydrogen (secondary N) is 1. The molecule has 3 unspecified atom stereocenters. The lowest BCUT2D eigenvalue weighted by Gasteiger charge is -2.28. The van der Waals surface area contributed by atoms with E-state index < -0.39 is 0 Å². The van der Waals surface area contributed by atoms with Gasteiger partial charge in [-0.15, -0.1) is 35.0 Å². The molecule has 2 aliphatic heterocycles. The number of fused-ring (bicyclic) bond motifs is 1. The summed E-state index contributed by atoms with van der Waals surface area (Å²) in [5, 5.41) is 12.4. The van der Waals surface area contributed by atoms with E-state index >= 15 is 0 Å². The third-order valence-electron chi connectivity index (χ3n) is 6.83. The summed E-state index contributed by atoms with van der Waals surface area (Å²) in [6, 6.07) is 7.85. The molecular weight excluding hydrogens is 466 g/mol. The van der Waals surface area contributed by atoms with Crippen molar-refractivity contribution in [2.24, 2.45) is 13.0 Å². The van der Waals surface area contributed by atoms with Crippen LogP contribution >= 0.6 is 24.8 Å². The normalized spacial score (nSPS) is 22.1. The fourth-order valence-corrected chi connectivity index (χ4v) is 5.20. The minimum absolute atomic E-state index is 0. The topological polar surface area (TPSA) is 72.0 Å². The first-order chi connectivity index (χ1) is 15.1. The molecule has 180 valence electrons.